The number of rotatable bonds is 15. The first-order chi connectivity index (χ1) is 15.0. The van der Waals surface area contributed by atoms with Gasteiger partial charge < -0.3 is 9.84 Å². The maximum atomic E-state index is 12.7. The van der Waals surface area contributed by atoms with Gasteiger partial charge in [-0.2, -0.15) is 0 Å². The number of hydrogen-bond acceptors (Lipinski definition) is 5. The summed E-state index contributed by atoms with van der Waals surface area (Å²) in [4.78, 5) is 25.5. The summed E-state index contributed by atoms with van der Waals surface area (Å²) in [6.07, 6.45) is 12.1. The first-order valence-corrected chi connectivity index (χ1v) is 12.0. The van der Waals surface area contributed by atoms with Gasteiger partial charge in [0.15, 0.2) is 0 Å². The number of unbranched alkanes of at least 4 members (excludes halogenated alkanes) is 7. The smallest absolute Gasteiger partial charge is 0.303 e. The Labute approximate surface area is 194 Å². The Balaban J connectivity index is 1.68. The van der Waals surface area contributed by atoms with Crippen LogP contribution in [0.2, 0.25) is 0 Å². The van der Waals surface area contributed by atoms with Crippen LogP contribution in [-0.2, 0) is 9.59 Å². The highest BCUT2D eigenvalue weighted by molar-refractivity contribution is 8.26. The van der Waals surface area contributed by atoms with Crippen LogP contribution in [-0.4, -0.2) is 39.4 Å². The fraction of sp³-hybridized carbons (Fsp3) is 0.458. The molecule has 7 heteroatoms. The van der Waals surface area contributed by atoms with E-state index in [2.05, 4.69) is 6.58 Å². The maximum Gasteiger partial charge on any atom is 0.303 e. The van der Waals surface area contributed by atoms with Gasteiger partial charge in [0.1, 0.15) is 16.7 Å². The molecule has 0 radical (unpaired) electrons. The quantitative estimate of drug-likeness (QED) is 0.148. The molecule has 0 spiro atoms. The molecule has 168 valence electrons. The molecule has 0 aromatic heterocycles. The number of ether oxygens (including phenoxy) is 1. The van der Waals surface area contributed by atoms with E-state index in [1.54, 1.807) is 11.0 Å². The second-order valence-electron chi connectivity index (χ2n) is 7.47. The highest BCUT2D eigenvalue weighted by Gasteiger charge is 2.31. The summed E-state index contributed by atoms with van der Waals surface area (Å²) >= 11 is 6.77. The molecule has 0 aliphatic carbocycles. The van der Waals surface area contributed by atoms with Crippen molar-refractivity contribution in [3.05, 3.63) is 47.4 Å². The molecule has 1 N–H and O–H groups in total. The van der Waals surface area contributed by atoms with E-state index in [1.165, 1.54) is 11.8 Å². The number of benzene rings is 1. The molecule has 5 nitrogen and oxygen atoms in total. The Hall–Kier alpha value is -2.12. The van der Waals surface area contributed by atoms with Crippen LogP contribution in [0.1, 0.15) is 63.4 Å². The summed E-state index contributed by atoms with van der Waals surface area (Å²) in [5.74, 6) is 0.0440. The summed E-state index contributed by atoms with van der Waals surface area (Å²) in [6.45, 7) is 4.76. The lowest BCUT2D eigenvalue weighted by atomic mass is 10.1. The number of carbonyl (C=O) groups excluding carboxylic acids is 1. The molecule has 0 saturated carbocycles. The van der Waals surface area contributed by atoms with Gasteiger partial charge >= 0.3 is 5.97 Å². The summed E-state index contributed by atoms with van der Waals surface area (Å²) in [6, 6.07) is 7.60. The normalized spacial score (nSPS) is 15.0. The standard InChI is InChI=1S/C24H31NO4S2/c1-2-17-29-20-14-12-19(13-15-20)18-21-23(28)25(24(30)31-21)16-10-8-6-4-3-5-7-9-11-22(26)27/h2,12-15,18H,1,3-11,16-17H2,(H,26,27)/b21-18-. The van der Waals surface area contributed by atoms with Crippen molar-refractivity contribution in [2.75, 3.05) is 13.2 Å². The largest absolute Gasteiger partial charge is 0.490 e. The number of thiocarbonyl (C=S) groups is 1. The lowest BCUT2D eigenvalue weighted by molar-refractivity contribution is -0.137. The average molecular weight is 462 g/mol. The Bertz CT molecular complexity index is 789. The van der Waals surface area contributed by atoms with Crippen molar-refractivity contribution in [1.29, 1.82) is 0 Å². The second kappa shape index (κ2) is 14.0. The number of thioether (sulfide) groups is 1. The maximum absolute atomic E-state index is 12.7. The first-order valence-electron chi connectivity index (χ1n) is 10.8. The van der Waals surface area contributed by atoms with Crippen molar-refractivity contribution in [2.45, 2.75) is 57.8 Å². The molecular weight excluding hydrogens is 430 g/mol. The van der Waals surface area contributed by atoms with Crippen LogP contribution in [0, 0.1) is 0 Å². The number of carboxylic acid groups (broad SMARTS) is 1. The Kier molecular flexibility index (Phi) is 11.4. The summed E-state index contributed by atoms with van der Waals surface area (Å²) in [7, 11) is 0. The van der Waals surface area contributed by atoms with E-state index in [0.29, 0.717) is 22.4 Å². The minimum atomic E-state index is -0.711. The van der Waals surface area contributed by atoms with E-state index in [-0.39, 0.29) is 12.3 Å². The van der Waals surface area contributed by atoms with Crippen LogP contribution in [0.3, 0.4) is 0 Å². The number of carboxylic acids is 1. The Morgan fingerprint density at radius 2 is 1.68 bits per heavy atom. The summed E-state index contributed by atoms with van der Waals surface area (Å²) in [5, 5.41) is 8.62. The summed E-state index contributed by atoms with van der Waals surface area (Å²) in [5.41, 5.74) is 0.940. The van der Waals surface area contributed by atoms with Crippen LogP contribution in [0.4, 0.5) is 0 Å². The predicted molar refractivity (Wildman–Crippen MR) is 131 cm³/mol. The molecule has 1 aromatic rings. The molecule has 1 fully saturated rings. The first kappa shape index (κ1) is 25.1. The third kappa shape index (κ3) is 9.27. The minimum absolute atomic E-state index is 0.0135. The van der Waals surface area contributed by atoms with Crippen LogP contribution in [0.25, 0.3) is 6.08 Å². The lowest BCUT2D eigenvalue weighted by Gasteiger charge is -2.14. The van der Waals surface area contributed by atoms with Crippen molar-refractivity contribution in [1.82, 2.24) is 4.90 Å². The molecule has 1 amide bonds. The number of hydrogen-bond donors (Lipinski definition) is 1. The van der Waals surface area contributed by atoms with Crippen LogP contribution < -0.4 is 4.74 Å². The average Bonchev–Trinajstić information content (AvgIpc) is 3.01. The molecule has 1 aliphatic heterocycles. The zero-order valence-electron chi connectivity index (χ0n) is 17.9. The monoisotopic (exact) mass is 461 g/mol. The fourth-order valence-corrected chi connectivity index (χ4v) is 4.57. The van der Waals surface area contributed by atoms with E-state index in [0.717, 1.165) is 62.7 Å². The fourth-order valence-electron chi connectivity index (χ4n) is 3.27. The number of amides is 1. The lowest BCUT2D eigenvalue weighted by Crippen LogP contribution is -2.29. The molecular formula is C24H31NO4S2. The molecule has 0 bridgehead atoms. The Morgan fingerprint density at radius 3 is 2.29 bits per heavy atom. The van der Waals surface area contributed by atoms with E-state index in [1.807, 2.05) is 30.3 Å². The predicted octanol–water partition coefficient (Wildman–Crippen LogP) is 6.05. The van der Waals surface area contributed by atoms with Crippen LogP contribution in [0.15, 0.2) is 41.8 Å². The highest BCUT2D eigenvalue weighted by Crippen LogP contribution is 2.33. The van der Waals surface area contributed by atoms with Gasteiger partial charge in [-0.1, -0.05) is 87.3 Å². The Morgan fingerprint density at radius 1 is 1.06 bits per heavy atom. The highest BCUT2D eigenvalue weighted by atomic mass is 32.2. The zero-order valence-corrected chi connectivity index (χ0v) is 19.5. The molecule has 2 rings (SSSR count). The van der Waals surface area contributed by atoms with Crippen LogP contribution >= 0.6 is 24.0 Å². The van der Waals surface area contributed by atoms with E-state index < -0.39 is 5.97 Å². The van der Waals surface area contributed by atoms with Crippen molar-refractivity contribution >= 4 is 46.3 Å². The number of carbonyl (C=O) groups is 2. The van der Waals surface area contributed by atoms with E-state index in [4.69, 9.17) is 22.1 Å². The summed E-state index contributed by atoms with van der Waals surface area (Å²) < 4.78 is 6.10. The second-order valence-corrected chi connectivity index (χ2v) is 9.15. The van der Waals surface area contributed by atoms with Gasteiger partial charge in [-0.15, -0.1) is 0 Å². The minimum Gasteiger partial charge on any atom is -0.490 e. The van der Waals surface area contributed by atoms with Gasteiger partial charge in [0.05, 0.1) is 4.91 Å². The van der Waals surface area contributed by atoms with Crippen molar-refractivity contribution in [3.63, 3.8) is 0 Å². The van der Waals surface area contributed by atoms with Crippen molar-refractivity contribution in [2.24, 2.45) is 0 Å². The third-order valence-electron chi connectivity index (χ3n) is 4.94. The van der Waals surface area contributed by atoms with Gasteiger partial charge in [-0.25, -0.2) is 0 Å². The molecule has 1 saturated heterocycles. The van der Waals surface area contributed by atoms with Gasteiger partial charge in [0, 0.05) is 13.0 Å². The number of aliphatic carboxylic acids is 1. The van der Waals surface area contributed by atoms with Gasteiger partial charge in [0.2, 0.25) is 0 Å². The van der Waals surface area contributed by atoms with Gasteiger partial charge in [-0.3, -0.25) is 14.5 Å². The zero-order chi connectivity index (χ0) is 22.5. The molecule has 0 atom stereocenters. The van der Waals surface area contributed by atoms with Crippen LogP contribution in [0.5, 0.6) is 5.75 Å². The molecule has 1 aromatic carbocycles. The number of nitrogens with zero attached hydrogens (tertiary/aromatic N) is 1. The molecule has 0 unspecified atom stereocenters. The van der Waals surface area contributed by atoms with Crippen molar-refractivity contribution < 1.29 is 19.4 Å². The van der Waals surface area contributed by atoms with Gasteiger partial charge in [0.25, 0.3) is 5.91 Å². The molecule has 1 heterocycles. The van der Waals surface area contributed by atoms with Gasteiger partial charge in [-0.05, 0) is 36.6 Å². The van der Waals surface area contributed by atoms with Crippen molar-refractivity contribution in [3.8, 4) is 5.75 Å². The topological polar surface area (TPSA) is 66.8 Å². The molecule has 31 heavy (non-hydrogen) atoms. The van der Waals surface area contributed by atoms with E-state index in [9.17, 15) is 9.59 Å². The molecule has 1 aliphatic rings. The third-order valence-corrected chi connectivity index (χ3v) is 6.32. The SMILES string of the molecule is C=CCOc1ccc(/C=C2\SC(=S)N(CCCCCCCCCCC(=O)O)C2=O)cc1. The van der Waals surface area contributed by atoms with E-state index >= 15 is 0 Å².